The summed E-state index contributed by atoms with van der Waals surface area (Å²) in [5, 5.41) is 4.50. The monoisotopic (exact) mass is 306 g/mol. The van der Waals surface area contributed by atoms with Crippen LogP contribution in [-0.4, -0.2) is 25.2 Å². The molecular weight excluding hydrogens is 284 g/mol. The topological polar surface area (TPSA) is 43.4 Å². The third kappa shape index (κ3) is 5.36. The average Bonchev–Trinajstić information content (AvgIpc) is 2.96. The Kier molecular flexibility index (Phi) is 6.50. The summed E-state index contributed by atoms with van der Waals surface area (Å²) >= 11 is 1.75. The fourth-order valence-corrected chi connectivity index (χ4v) is 2.75. The molecule has 0 bridgehead atoms. The molecule has 0 atom stereocenters. The molecule has 0 saturated heterocycles. The molecule has 1 aromatic heterocycles. The Morgan fingerprint density at radius 3 is 2.95 bits per heavy atom. The van der Waals surface area contributed by atoms with E-state index < -0.39 is 0 Å². The van der Waals surface area contributed by atoms with E-state index in [1.54, 1.807) is 18.4 Å². The van der Waals surface area contributed by atoms with Crippen LogP contribution >= 0.6 is 11.3 Å². The Labute approximate surface area is 130 Å². The van der Waals surface area contributed by atoms with E-state index in [4.69, 9.17) is 9.47 Å². The van der Waals surface area contributed by atoms with Crippen LogP contribution in [0.25, 0.3) is 0 Å². The molecule has 1 aromatic carbocycles. The Bertz CT molecular complexity index is 543. The van der Waals surface area contributed by atoms with Crippen molar-refractivity contribution in [3.05, 3.63) is 40.3 Å². The van der Waals surface area contributed by atoms with Crippen LogP contribution in [-0.2, 0) is 13.0 Å². The summed E-state index contributed by atoms with van der Waals surface area (Å²) in [5.41, 5.74) is 0. The van der Waals surface area contributed by atoms with Gasteiger partial charge < -0.3 is 14.8 Å². The van der Waals surface area contributed by atoms with Crippen molar-refractivity contribution in [3.63, 3.8) is 0 Å². The maximum absolute atomic E-state index is 5.73. The van der Waals surface area contributed by atoms with E-state index in [0.29, 0.717) is 6.61 Å². The van der Waals surface area contributed by atoms with Gasteiger partial charge in [-0.05, 0) is 25.1 Å². The summed E-state index contributed by atoms with van der Waals surface area (Å²) in [6.45, 7) is 4.75. The van der Waals surface area contributed by atoms with Crippen LogP contribution in [0.1, 0.15) is 23.2 Å². The van der Waals surface area contributed by atoms with E-state index in [0.717, 1.165) is 42.4 Å². The minimum atomic E-state index is 0.627. The molecule has 0 spiro atoms. The maximum atomic E-state index is 5.73. The Balaban J connectivity index is 1.75. The number of thiazole rings is 1. The van der Waals surface area contributed by atoms with Crippen molar-refractivity contribution >= 4 is 11.3 Å². The van der Waals surface area contributed by atoms with E-state index in [1.165, 1.54) is 4.88 Å². The normalized spacial score (nSPS) is 10.6. The molecule has 1 N–H and O–H groups in total. The van der Waals surface area contributed by atoms with E-state index in [1.807, 2.05) is 30.5 Å². The Hall–Kier alpha value is -1.59. The number of hydrogen-bond acceptors (Lipinski definition) is 5. The zero-order chi connectivity index (χ0) is 14.9. The predicted molar refractivity (Wildman–Crippen MR) is 86.3 cm³/mol. The lowest BCUT2D eigenvalue weighted by molar-refractivity contribution is 0.319. The van der Waals surface area contributed by atoms with Crippen molar-refractivity contribution in [2.24, 2.45) is 0 Å². The summed E-state index contributed by atoms with van der Waals surface area (Å²) in [6, 6.07) is 7.66. The van der Waals surface area contributed by atoms with Gasteiger partial charge in [0.25, 0.3) is 0 Å². The van der Waals surface area contributed by atoms with Gasteiger partial charge in [0.2, 0.25) is 0 Å². The highest BCUT2D eigenvalue weighted by Crippen LogP contribution is 2.19. The minimum Gasteiger partial charge on any atom is -0.497 e. The molecule has 1 heterocycles. The first-order valence-electron chi connectivity index (χ1n) is 7.23. The summed E-state index contributed by atoms with van der Waals surface area (Å²) in [4.78, 5) is 5.71. The van der Waals surface area contributed by atoms with Gasteiger partial charge in [0, 0.05) is 30.1 Å². The molecule has 0 aliphatic carbocycles. The number of benzene rings is 1. The standard InChI is InChI=1S/C16H22N2O2S/c1-3-8-17-11-15-12-18-16(21-15)7-9-20-14-6-4-5-13(10-14)19-2/h4-6,10,12,17H,3,7-9,11H2,1-2H3. The van der Waals surface area contributed by atoms with Gasteiger partial charge in [-0.1, -0.05) is 13.0 Å². The van der Waals surface area contributed by atoms with Gasteiger partial charge in [-0.3, -0.25) is 0 Å². The number of nitrogens with one attached hydrogen (secondary N) is 1. The molecule has 2 rings (SSSR count). The molecular formula is C16H22N2O2S. The molecule has 114 valence electrons. The van der Waals surface area contributed by atoms with Crippen molar-refractivity contribution < 1.29 is 9.47 Å². The van der Waals surface area contributed by atoms with Crippen LogP contribution in [0.5, 0.6) is 11.5 Å². The fourth-order valence-electron chi connectivity index (χ4n) is 1.88. The van der Waals surface area contributed by atoms with E-state index >= 15 is 0 Å². The molecule has 0 fully saturated rings. The SMILES string of the molecule is CCCNCc1cnc(CCOc2cccc(OC)c2)s1. The first-order chi connectivity index (χ1) is 10.3. The van der Waals surface area contributed by atoms with E-state index in [2.05, 4.69) is 17.2 Å². The zero-order valence-electron chi connectivity index (χ0n) is 12.6. The van der Waals surface area contributed by atoms with Gasteiger partial charge in [-0.2, -0.15) is 0 Å². The molecule has 0 saturated carbocycles. The molecule has 0 aliphatic rings. The van der Waals surface area contributed by atoms with Crippen LogP contribution in [0.3, 0.4) is 0 Å². The number of aromatic nitrogens is 1. The highest BCUT2D eigenvalue weighted by Gasteiger charge is 2.03. The number of hydrogen-bond donors (Lipinski definition) is 1. The summed E-state index contributed by atoms with van der Waals surface area (Å²) in [6.07, 6.45) is 3.93. The van der Waals surface area contributed by atoms with Crippen LogP contribution in [0.15, 0.2) is 30.5 Å². The molecule has 21 heavy (non-hydrogen) atoms. The van der Waals surface area contributed by atoms with Gasteiger partial charge in [-0.15, -0.1) is 11.3 Å². The van der Waals surface area contributed by atoms with Crippen LogP contribution < -0.4 is 14.8 Å². The molecule has 5 heteroatoms. The smallest absolute Gasteiger partial charge is 0.123 e. The maximum Gasteiger partial charge on any atom is 0.123 e. The van der Waals surface area contributed by atoms with Crippen LogP contribution in [0.2, 0.25) is 0 Å². The Morgan fingerprint density at radius 2 is 2.14 bits per heavy atom. The first kappa shape index (κ1) is 15.8. The Morgan fingerprint density at radius 1 is 1.29 bits per heavy atom. The van der Waals surface area contributed by atoms with Gasteiger partial charge in [0.15, 0.2) is 0 Å². The molecule has 4 nitrogen and oxygen atoms in total. The molecule has 0 amide bonds. The third-order valence-electron chi connectivity index (χ3n) is 2.95. The number of nitrogens with zero attached hydrogens (tertiary/aromatic N) is 1. The average molecular weight is 306 g/mol. The van der Waals surface area contributed by atoms with Crippen molar-refractivity contribution in [3.8, 4) is 11.5 Å². The van der Waals surface area contributed by atoms with Crippen molar-refractivity contribution in [2.45, 2.75) is 26.3 Å². The van der Waals surface area contributed by atoms with Crippen LogP contribution in [0.4, 0.5) is 0 Å². The molecule has 2 aromatic rings. The second-order valence-electron chi connectivity index (χ2n) is 4.67. The first-order valence-corrected chi connectivity index (χ1v) is 8.04. The lowest BCUT2D eigenvalue weighted by Crippen LogP contribution is -2.12. The zero-order valence-corrected chi connectivity index (χ0v) is 13.4. The largest absolute Gasteiger partial charge is 0.497 e. The highest BCUT2D eigenvalue weighted by atomic mass is 32.1. The van der Waals surface area contributed by atoms with Gasteiger partial charge in [-0.25, -0.2) is 4.98 Å². The lowest BCUT2D eigenvalue weighted by atomic mass is 10.3. The van der Waals surface area contributed by atoms with Gasteiger partial charge in [0.05, 0.1) is 18.7 Å². The molecule has 0 radical (unpaired) electrons. The summed E-state index contributed by atoms with van der Waals surface area (Å²) < 4.78 is 10.9. The predicted octanol–water partition coefficient (Wildman–Crippen LogP) is 3.27. The lowest BCUT2D eigenvalue weighted by Gasteiger charge is -2.06. The number of rotatable bonds is 9. The number of ether oxygens (including phenoxy) is 2. The number of methoxy groups -OCH3 is 1. The van der Waals surface area contributed by atoms with Crippen molar-refractivity contribution in [2.75, 3.05) is 20.3 Å². The van der Waals surface area contributed by atoms with Crippen molar-refractivity contribution in [1.82, 2.24) is 10.3 Å². The molecule has 0 aliphatic heterocycles. The fraction of sp³-hybridized carbons (Fsp3) is 0.438. The third-order valence-corrected chi connectivity index (χ3v) is 4.01. The van der Waals surface area contributed by atoms with E-state index in [9.17, 15) is 0 Å². The second kappa shape index (κ2) is 8.64. The summed E-state index contributed by atoms with van der Waals surface area (Å²) in [7, 11) is 1.66. The van der Waals surface area contributed by atoms with Gasteiger partial charge in [0.1, 0.15) is 11.5 Å². The second-order valence-corrected chi connectivity index (χ2v) is 5.87. The van der Waals surface area contributed by atoms with Crippen LogP contribution in [0, 0.1) is 0 Å². The van der Waals surface area contributed by atoms with Crippen molar-refractivity contribution in [1.29, 1.82) is 0 Å². The van der Waals surface area contributed by atoms with Gasteiger partial charge >= 0.3 is 0 Å². The molecule has 0 unspecified atom stereocenters. The highest BCUT2D eigenvalue weighted by molar-refractivity contribution is 7.11. The quantitative estimate of drug-likeness (QED) is 0.722. The van der Waals surface area contributed by atoms with E-state index in [-0.39, 0.29) is 0 Å². The minimum absolute atomic E-state index is 0.627. The summed E-state index contributed by atoms with van der Waals surface area (Å²) in [5.74, 6) is 1.64.